The third kappa shape index (κ3) is 2.32. The van der Waals surface area contributed by atoms with Gasteiger partial charge in [-0.25, -0.2) is 8.42 Å². The number of rotatable bonds is 2. The monoisotopic (exact) mass is 338 g/mol. The van der Waals surface area contributed by atoms with Gasteiger partial charge < -0.3 is 0 Å². The molecule has 1 aromatic rings. The highest BCUT2D eigenvalue weighted by atomic mass is 32.2. The van der Waals surface area contributed by atoms with E-state index in [1.54, 1.807) is 11.9 Å². The van der Waals surface area contributed by atoms with Crippen molar-refractivity contribution in [2.24, 2.45) is 12.5 Å². The lowest BCUT2D eigenvalue weighted by atomic mass is 9.81. The number of halogens is 3. The fourth-order valence-corrected chi connectivity index (χ4v) is 5.90. The molecule has 0 radical (unpaired) electrons. The van der Waals surface area contributed by atoms with Crippen LogP contribution in [-0.2, 0) is 23.4 Å². The number of hydrogen-bond acceptors (Lipinski definition) is 5. The van der Waals surface area contributed by atoms with Crippen molar-refractivity contribution in [2.75, 3.05) is 18.8 Å². The van der Waals surface area contributed by atoms with Crippen LogP contribution in [0.3, 0.4) is 0 Å². The second-order valence-electron chi connectivity index (χ2n) is 6.13. The molecule has 0 amide bonds. The minimum Gasteiger partial charge on any atom is -0.295 e. The first-order valence-corrected chi connectivity index (χ1v) is 8.71. The molecule has 0 saturated carbocycles. The first kappa shape index (κ1) is 15.7. The van der Waals surface area contributed by atoms with Crippen molar-refractivity contribution in [1.82, 2.24) is 19.9 Å². The summed E-state index contributed by atoms with van der Waals surface area (Å²) in [5.41, 5.74) is -1.48. The van der Waals surface area contributed by atoms with Gasteiger partial charge in [0.25, 0.3) is 0 Å². The van der Waals surface area contributed by atoms with E-state index in [2.05, 4.69) is 10.3 Å². The predicted molar refractivity (Wildman–Crippen MR) is 71.6 cm³/mol. The maximum atomic E-state index is 13.6. The van der Waals surface area contributed by atoms with Crippen LogP contribution >= 0.6 is 0 Å². The largest absolute Gasteiger partial charge is 0.397 e. The summed E-state index contributed by atoms with van der Waals surface area (Å²) in [6, 6.07) is 0. The highest BCUT2D eigenvalue weighted by molar-refractivity contribution is 7.92. The van der Waals surface area contributed by atoms with Gasteiger partial charge in [0.2, 0.25) is 0 Å². The van der Waals surface area contributed by atoms with E-state index >= 15 is 0 Å². The molecule has 2 aliphatic heterocycles. The number of likely N-dealkylation sites (tertiary alicyclic amines) is 1. The van der Waals surface area contributed by atoms with Crippen LogP contribution in [0, 0.1) is 5.41 Å². The third-order valence-corrected chi connectivity index (χ3v) is 7.11. The molecule has 0 aromatic carbocycles. The van der Waals surface area contributed by atoms with Gasteiger partial charge in [-0.05, 0) is 12.8 Å². The summed E-state index contributed by atoms with van der Waals surface area (Å²) in [6.07, 6.45) is -3.10. The SMILES string of the molecule is Cn1nncc1CN1C[C@@H]2[C@@](C(F)(F)F)(CCCS2(=O)=O)C1. The summed E-state index contributed by atoms with van der Waals surface area (Å²) < 4.78 is 66.8. The normalized spacial score (nSPS) is 32.1. The molecule has 0 spiro atoms. The zero-order chi connectivity index (χ0) is 16.2. The Hall–Kier alpha value is -1.16. The molecule has 0 N–H and O–H groups in total. The molecule has 3 rings (SSSR count). The average Bonchev–Trinajstić information content (AvgIpc) is 2.95. The van der Waals surface area contributed by atoms with Gasteiger partial charge in [-0.15, -0.1) is 5.10 Å². The second-order valence-corrected chi connectivity index (χ2v) is 8.43. The molecular weight excluding hydrogens is 321 g/mol. The van der Waals surface area contributed by atoms with E-state index in [1.807, 2.05) is 0 Å². The molecular formula is C12H17F3N4O2S. The number of hydrogen-bond donors (Lipinski definition) is 0. The van der Waals surface area contributed by atoms with Crippen molar-refractivity contribution < 1.29 is 21.6 Å². The van der Waals surface area contributed by atoms with Crippen LogP contribution in [0.4, 0.5) is 13.2 Å². The van der Waals surface area contributed by atoms with Crippen molar-refractivity contribution in [2.45, 2.75) is 30.8 Å². The van der Waals surface area contributed by atoms with Crippen LogP contribution < -0.4 is 0 Å². The van der Waals surface area contributed by atoms with Crippen LogP contribution in [0.5, 0.6) is 0 Å². The topological polar surface area (TPSA) is 68.1 Å². The van der Waals surface area contributed by atoms with E-state index < -0.39 is 26.7 Å². The standard InChI is InChI=1S/C12H17F3N4O2S/c1-18-9(5-16-17-18)6-19-7-10-11(8-19,12(13,14)15)3-2-4-22(10,20)21/h5,10H,2-4,6-8H2,1H3/t10-,11-/m1/s1. The smallest absolute Gasteiger partial charge is 0.295 e. The lowest BCUT2D eigenvalue weighted by Crippen LogP contribution is -2.53. The molecule has 10 heteroatoms. The summed E-state index contributed by atoms with van der Waals surface area (Å²) in [5, 5.41) is 6.07. The number of aromatic nitrogens is 3. The molecule has 2 atom stereocenters. The van der Waals surface area contributed by atoms with Crippen molar-refractivity contribution in [3.05, 3.63) is 11.9 Å². The zero-order valence-electron chi connectivity index (χ0n) is 12.0. The van der Waals surface area contributed by atoms with Gasteiger partial charge in [-0.2, -0.15) is 13.2 Å². The Bertz CT molecular complexity index is 672. The Morgan fingerprint density at radius 3 is 2.73 bits per heavy atom. The first-order valence-electron chi connectivity index (χ1n) is 7.00. The molecule has 22 heavy (non-hydrogen) atoms. The highest BCUT2D eigenvalue weighted by Crippen LogP contribution is 2.53. The number of alkyl halides is 3. The van der Waals surface area contributed by atoms with Crippen molar-refractivity contribution in [1.29, 1.82) is 0 Å². The number of aryl methyl sites for hydroxylation is 1. The first-order chi connectivity index (χ1) is 10.2. The summed E-state index contributed by atoms with van der Waals surface area (Å²) in [5.74, 6) is -0.156. The molecule has 0 bridgehead atoms. The number of nitrogens with zero attached hydrogens (tertiary/aromatic N) is 4. The van der Waals surface area contributed by atoms with Gasteiger partial charge >= 0.3 is 6.18 Å². The molecule has 0 unspecified atom stereocenters. The predicted octanol–water partition coefficient (Wildman–Crippen LogP) is 0.757. The summed E-state index contributed by atoms with van der Waals surface area (Å²) in [6.45, 7) is -0.161. The second kappa shape index (κ2) is 4.92. The van der Waals surface area contributed by atoms with E-state index in [9.17, 15) is 21.6 Å². The van der Waals surface area contributed by atoms with Gasteiger partial charge in [0.1, 0.15) is 0 Å². The van der Waals surface area contributed by atoms with Gasteiger partial charge in [0.05, 0.1) is 28.3 Å². The summed E-state index contributed by atoms with van der Waals surface area (Å²) in [4.78, 5) is 1.56. The molecule has 3 heterocycles. The van der Waals surface area contributed by atoms with E-state index in [-0.39, 0.29) is 38.2 Å². The lowest BCUT2D eigenvalue weighted by molar-refractivity contribution is -0.221. The lowest BCUT2D eigenvalue weighted by Gasteiger charge is -2.39. The van der Waals surface area contributed by atoms with Gasteiger partial charge in [0, 0.05) is 26.7 Å². The quantitative estimate of drug-likeness (QED) is 0.796. The van der Waals surface area contributed by atoms with Crippen LogP contribution in [0.2, 0.25) is 0 Å². The van der Waals surface area contributed by atoms with Crippen molar-refractivity contribution in [3.63, 3.8) is 0 Å². The van der Waals surface area contributed by atoms with Crippen molar-refractivity contribution in [3.8, 4) is 0 Å². The Kier molecular flexibility index (Phi) is 3.52. The average molecular weight is 338 g/mol. The van der Waals surface area contributed by atoms with Gasteiger partial charge in [-0.1, -0.05) is 5.21 Å². The fourth-order valence-electron chi connectivity index (χ4n) is 3.62. The van der Waals surface area contributed by atoms with Crippen LogP contribution in [0.15, 0.2) is 6.20 Å². The maximum Gasteiger partial charge on any atom is 0.397 e. The number of sulfone groups is 1. The van der Waals surface area contributed by atoms with Crippen LogP contribution in [0.25, 0.3) is 0 Å². The van der Waals surface area contributed by atoms with E-state index in [4.69, 9.17) is 0 Å². The molecule has 1 aromatic heterocycles. The van der Waals surface area contributed by atoms with Crippen LogP contribution in [0.1, 0.15) is 18.5 Å². The zero-order valence-corrected chi connectivity index (χ0v) is 12.9. The Morgan fingerprint density at radius 2 is 2.18 bits per heavy atom. The van der Waals surface area contributed by atoms with E-state index in [0.717, 1.165) is 0 Å². The Labute approximate surface area is 126 Å². The molecule has 2 fully saturated rings. The van der Waals surface area contributed by atoms with Gasteiger partial charge in [0.15, 0.2) is 9.84 Å². The minimum atomic E-state index is -4.52. The maximum absolute atomic E-state index is 13.6. The Morgan fingerprint density at radius 1 is 1.45 bits per heavy atom. The molecule has 124 valence electrons. The third-order valence-electron chi connectivity index (χ3n) is 4.79. The van der Waals surface area contributed by atoms with Crippen molar-refractivity contribution >= 4 is 9.84 Å². The summed E-state index contributed by atoms with van der Waals surface area (Å²) in [7, 11) is -2.07. The van der Waals surface area contributed by atoms with Gasteiger partial charge in [-0.3, -0.25) is 9.58 Å². The minimum absolute atomic E-state index is 0.0689. The Balaban J connectivity index is 1.92. The fraction of sp³-hybridized carbons (Fsp3) is 0.833. The van der Waals surface area contributed by atoms with E-state index in [0.29, 0.717) is 5.69 Å². The summed E-state index contributed by atoms with van der Waals surface area (Å²) >= 11 is 0. The molecule has 0 aliphatic carbocycles. The van der Waals surface area contributed by atoms with E-state index in [1.165, 1.54) is 10.9 Å². The highest BCUT2D eigenvalue weighted by Gasteiger charge is 2.67. The molecule has 2 saturated heterocycles. The molecule has 6 nitrogen and oxygen atoms in total. The van der Waals surface area contributed by atoms with Crippen LogP contribution in [-0.4, -0.2) is 58.6 Å². The number of fused-ring (bicyclic) bond motifs is 1. The molecule has 2 aliphatic rings.